The van der Waals surface area contributed by atoms with Crippen molar-refractivity contribution in [3.8, 4) is 5.88 Å². The number of nitrogens with zero attached hydrogens (tertiary/aromatic N) is 2. The van der Waals surface area contributed by atoms with Crippen molar-refractivity contribution in [2.75, 3.05) is 32.2 Å². The molecular weight excluding hydrogens is 272 g/mol. The van der Waals surface area contributed by atoms with Crippen molar-refractivity contribution >= 4 is 11.9 Å². The Labute approximate surface area is 125 Å². The Bertz CT molecular complexity index is 454. The fraction of sp³-hybridized carbons (Fsp3) is 0.643. The van der Waals surface area contributed by atoms with Gasteiger partial charge in [-0.05, 0) is 20.3 Å². The molecule has 1 rings (SSSR count). The fourth-order valence-electron chi connectivity index (χ4n) is 1.57. The van der Waals surface area contributed by atoms with E-state index in [4.69, 9.17) is 9.47 Å². The van der Waals surface area contributed by atoms with Gasteiger partial charge in [-0.15, -0.1) is 0 Å². The molecule has 0 bridgehead atoms. The summed E-state index contributed by atoms with van der Waals surface area (Å²) in [6, 6.07) is 1.33. The lowest BCUT2D eigenvalue weighted by molar-refractivity contribution is -0.121. The molecule has 0 aliphatic heterocycles. The molecule has 0 aliphatic rings. The molecule has 1 aromatic rings. The molecule has 0 saturated heterocycles. The third-order valence-electron chi connectivity index (χ3n) is 2.63. The van der Waals surface area contributed by atoms with Crippen LogP contribution < -0.4 is 15.4 Å². The predicted octanol–water partition coefficient (Wildman–Crippen LogP) is 1.14. The van der Waals surface area contributed by atoms with E-state index in [0.717, 1.165) is 12.1 Å². The Morgan fingerprint density at radius 2 is 2.14 bits per heavy atom. The molecule has 118 valence electrons. The molecule has 1 amide bonds. The minimum atomic E-state index is -0.442. The SMILES string of the molecule is CCCOc1cc(C)nc(NC(C)C(=O)NCCOC)n1. The fourth-order valence-corrected chi connectivity index (χ4v) is 1.57. The van der Waals surface area contributed by atoms with E-state index in [0.29, 0.717) is 31.6 Å². The number of carbonyl (C=O) groups excluding carboxylic acids is 1. The van der Waals surface area contributed by atoms with Crippen molar-refractivity contribution < 1.29 is 14.3 Å². The summed E-state index contributed by atoms with van der Waals surface area (Å²) in [7, 11) is 1.59. The van der Waals surface area contributed by atoms with Gasteiger partial charge in [0.05, 0.1) is 13.2 Å². The molecule has 0 aliphatic carbocycles. The second kappa shape index (κ2) is 9.12. The normalized spacial score (nSPS) is 11.8. The highest BCUT2D eigenvalue weighted by atomic mass is 16.5. The molecule has 0 spiro atoms. The van der Waals surface area contributed by atoms with Gasteiger partial charge in [0, 0.05) is 25.4 Å². The second-order valence-electron chi connectivity index (χ2n) is 4.67. The van der Waals surface area contributed by atoms with Crippen LogP contribution in [0.15, 0.2) is 6.07 Å². The van der Waals surface area contributed by atoms with Gasteiger partial charge in [0.25, 0.3) is 0 Å². The summed E-state index contributed by atoms with van der Waals surface area (Å²) in [5.41, 5.74) is 0.783. The maximum absolute atomic E-state index is 11.8. The first-order valence-electron chi connectivity index (χ1n) is 7.08. The average Bonchev–Trinajstić information content (AvgIpc) is 2.44. The number of anilines is 1. The molecule has 0 radical (unpaired) electrons. The van der Waals surface area contributed by atoms with Crippen LogP contribution in [0.4, 0.5) is 5.95 Å². The molecule has 1 heterocycles. The summed E-state index contributed by atoms with van der Waals surface area (Å²) < 4.78 is 10.4. The van der Waals surface area contributed by atoms with E-state index < -0.39 is 6.04 Å². The number of amides is 1. The standard InChI is InChI=1S/C14H24N4O3/c1-5-7-21-12-9-10(2)16-14(18-12)17-11(3)13(19)15-6-8-20-4/h9,11H,5-8H2,1-4H3,(H,15,19)(H,16,17,18). The number of carbonyl (C=O) groups is 1. The molecule has 1 unspecified atom stereocenters. The van der Waals surface area contributed by atoms with Crippen LogP contribution in [0.2, 0.25) is 0 Å². The van der Waals surface area contributed by atoms with Gasteiger partial charge >= 0.3 is 0 Å². The van der Waals surface area contributed by atoms with E-state index in [1.54, 1.807) is 20.1 Å². The van der Waals surface area contributed by atoms with Crippen molar-refractivity contribution in [3.05, 3.63) is 11.8 Å². The van der Waals surface area contributed by atoms with E-state index >= 15 is 0 Å². The molecule has 7 nitrogen and oxygen atoms in total. The zero-order valence-electron chi connectivity index (χ0n) is 13.1. The van der Waals surface area contributed by atoms with Crippen molar-refractivity contribution in [1.29, 1.82) is 0 Å². The lowest BCUT2D eigenvalue weighted by Crippen LogP contribution is -2.39. The van der Waals surface area contributed by atoms with Crippen molar-refractivity contribution in [1.82, 2.24) is 15.3 Å². The number of hydrogen-bond donors (Lipinski definition) is 2. The molecule has 0 saturated carbocycles. The highest BCUT2D eigenvalue weighted by Crippen LogP contribution is 2.12. The van der Waals surface area contributed by atoms with Crippen LogP contribution in [0.5, 0.6) is 5.88 Å². The number of nitrogens with one attached hydrogen (secondary N) is 2. The van der Waals surface area contributed by atoms with Crippen LogP contribution in [0.1, 0.15) is 26.0 Å². The van der Waals surface area contributed by atoms with E-state index in [1.165, 1.54) is 0 Å². The lowest BCUT2D eigenvalue weighted by Gasteiger charge is -2.15. The van der Waals surface area contributed by atoms with E-state index in [1.807, 2.05) is 13.8 Å². The first-order valence-corrected chi connectivity index (χ1v) is 7.08. The molecule has 1 atom stereocenters. The maximum atomic E-state index is 11.8. The van der Waals surface area contributed by atoms with Crippen LogP contribution in [0.25, 0.3) is 0 Å². The lowest BCUT2D eigenvalue weighted by atomic mass is 10.3. The Morgan fingerprint density at radius 1 is 1.38 bits per heavy atom. The largest absolute Gasteiger partial charge is 0.478 e. The summed E-state index contributed by atoms with van der Waals surface area (Å²) >= 11 is 0. The second-order valence-corrected chi connectivity index (χ2v) is 4.67. The van der Waals surface area contributed by atoms with Crippen molar-refractivity contribution in [2.24, 2.45) is 0 Å². The molecule has 7 heteroatoms. The number of aromatic nitrogens is 2. The number of aryl methyl sites for hydroxylation is 1. The Kier molecular flexibility index (Phi) is 7.45. The van der Waals surface area contributed by atoms with Crippen LogP contribution >= 0.6 is 0 Å². The van der Waals surface area contributed by atoms with Crippen molar-refractivity contribution in [2.45, 2.75) is 33.2 Å². The van der Waals surface area contributed by atoms with E-state index in [2.05, 4.69) is 20.6 Å². The predicted molar refractivity (Wildman–Crippen MR) is 80.5 cm³/mol. The van der Waals surface area contributed by atoms with Gasteiger partial charge in [0.15, 0.2) is 0 Å². The quantitative estimate of drug-likeness (QED) is 0.665. The zero-order chi connectivity index (χ0) is 15.7. The first-order chi connectivity index (χ1) is 10.1. The van der Waals surface area contributed by atoms with Gasteiger partial charge in [0.2, 0.25) is 17.7 Å². The van der Waals surface area contributed by atoms with Crippen molar-refractivity contribution in [3.63, 3.8) is 0 Å². The Hall–Kier alpha value is -1.89. The maximum Gasteiger partial charge on any atom is 0.242 e. The first kappa shape index (κ1) is 17.2. The molecule has 0 fully saturated rings. The molecule has 21 heavy (non-hydrogen) atoms. The minimum Gasteiger partial charge on any atom is -0.478 e. The van der Waals surface area contributed by atoms with Gasteiger partial charge in [-0.3, -0.25) is 4.79 Å². The summed E-state index contributed by atoms with van der Waals surface area (Å²) in [5, 5.41) is 5.73. The monoisotopic (exact) mass is 296 g/mol. The van der Waals surface area contributed by atoms with Gasteiger partial charge < -0.3 is 20.1 Å². The van der Waals surface area contributed by atoms with E-state index in [9.17, 15) is 4.79 Å². The summed E-state index contributed by atoms with van der Waals surface area (Å²) in [6.45, 7) is 7.19. The summed E-state index contributed by atoms with van der Waals surface area (Å²) in [6.07, 6.45) is 0.907. The highest BCUT2D eigenvalue weighted by molar-refractivity contribution is 5.83. The molecule has 1 aromatic heterocycles. The molecular formula is C14H24N4O3. The summed E-state index contributed by atoms with van der Waals surface area (Å²) in [5.74, 6) is 0.766. The van der Waals surface area contributed by atoms with Gasteiger partial charge in [-0.1, -0.05) is 6.92 Å². The van der Waals surface area contributed by atoms with Crippen LogP contribution in [0, 0.1) is 6.92 Å². The Balaban J connectivity index is 2.60. The molecule has 0 aromatic carbocycles. The van der Waals surface area contributed by atoms with Crippen LogP contribution in [-0.2, 0) is 9.53 Å². The topological polar surface area (TPSA) is 85.4 Å². The van der Waals surface area contributed by atoms with E-state index in [-0.39, 0.29) is 5.91 Å². The van der Waals surface area contributed by atoms with Crippen LogP contribution in [0.3, 0.4) is 0 Å². The molecule has 2 N–H and O–H groups in total. The zero-order valence-corrected chi connectivity index (χ0v) is 13.1. The van der Waals surface area contributed by atoms with Gasteiger partial charge in [-0.25, -0.2) is 4.98 Å². The number of methoxy groups -OCH3 is 1. The number of ether oxygens (including phenoxy) is 2. The highest BCUT2D eigenvalue weighted by Gasteiger charge is 2.14. The third-order valence-corrected chi connectivity index (χ3v) is 2.63. The number of hydrogen-bond acceptors (Lipinski definition) is 6. The van der Waals surface area contributed by atoms with Gasteiger partial charge in [-0.2, -0.15) is 4.98 Å². The smallest absolute Gasteiger partial charge is 0.242 e. The third kappa shape index (κ3) is 6.40. The minimum absolute atomic E-state index is 0.131. The van der Waals surface area contributed by atoms with Crippen LogP contribution in [-0.4, -0.2) is 48.8 Å². The average molecular weight is 296 g/mol. The van der Waals surface area contributed by atoms with Gasteiger partial charge in [0.1, 0.15) is 6.04 Å². The summed E-state index contributed by atoms with van der Waals surface area (Å²) in [4.78, 5) is 20.3. The number of rotatable bonds is 9. The Morgan fingerprint density at radius 3 is 2.81 bits per heavy atom.